The van der Waals surface area contributed by atoms with E-state index in [1.165, 1.54) is 0 Å². The Balaban J connectivity index is 2.50. The highest BCUT2D eigenvalue weighted by Crippen LogP contribution is 2.29. The quantitative estimate of drug-likeness (QED) is 0.732. The number of rotatable bonds is 5. The van der Waals surface area contributed by atoms with Crippen molar-refractivity contribution in [1.82, 2.24) is 4.98 Å². The Morgan fingerprint density at radius 1 is 1.35 bits per heavy atom. The molecule has 0 aliphatic carbocycles. The predicted molar refractivity (Wildman–Crippen MR) is 84.9 cm³/mol. The summed E-state index contributed by atoms with van der Waals surface area (Å²) in [5.41, 5.74) is 9.40. The van der Waals surface area contributed by atoms with E-state index < -0.39 is 0 Å². The van der Waals surface area contributed by atoms with Gasteiger partial charge in [0.1, 0.15) is 0 Å². The van der Waals surface area contributed by atoms with Crippen molar-refractivity contribution in [2.45, 2.75) is 39.2 Å². The largest absolute Gasteiger partial charge is 0.399 e. The van der Waals surface area contributed by atoms with E-state index in [0.29, 0.717) is 6.42 Å². The highest BCUT2D eigenvalue weighted by atomic mass is 16.3. The minimum Gasteiger partial charge on any atom is -0.399 e. The van der Waals surface area contributed by atoms with Crippen LogP contribution in [0, 0.1) is 6.92 Å². The van der Waals surface area contributed by atoms with Gasteiger partial charge in [-0.25, -0.2) is 0 Å². The first-order chi connectivity index (χ1) is 9.47. The van der Waals surface area contributed by atoms with Gasteiger partial charge in [-0.05, 0) is 51.0 Å². The molecule has 0 fully saturated rings. The second kappa shape index (κ2) is 5.67. The highest BCUT2D eigenvalue weighted by Gasteiger charge is 2.22. The molecule has 0 bridgehead atoms. The summed E-state index contributed by atoms with van der Waals surface area (Å²) in [4.78, 5) is 4.53. The van der Waals surface area contributed by atoms with Gasteiger partial charge >= 0.3 is 0 Å². The van der Waals surface area contributed by atoms with E-state index in [9.17, 15) is 5.11 Å². The van der Waals surface area contributed by atoms with E-state index in [4.69, 9.17) is 5.73 Å². The topological polar surface area (TPSA) is 71.2 Å². The number of aliphatic hydroxyl groups excluding tert-OH is 1. The second-order valence-corrected chi connectivity index (χ2v) is 5.60. The number of benzene rings is 1. The van der Waals surface area contributed by atoms with Gasteiger partial charge in [-0.2, -0.15) is 0 Å². The summed E-state index contributed by atoms with van der Waals surface area (Å²) in [6, 6.07) is 7.79. The molecule has 4 nitrogen and oxygen atoms in total. The molecule has 2 aromatic rings. The molecular formula is C16H23N3O. The Kier molecular flexibility index (Phi) is 4.14. The summed E-state index contributed by atoms with van der Waals surface area (Å²) < 4.78 is 0. The minimum absolute atomic E-state index is 0.139. The van der Waals surface area contributed by atoms with Crippen molar-refractivity contribution in [3.63, 3.8) is 0 Å². The molecule has 0 saturated heterocycles. The van der Waals surface area contributed by atoms with Gasteiger partial charge in [0.25, 0.3) is 0 Å². The fourth-order valence-electron chi connectivity index (χ4n) is 2.38. The van der Waals surface area contributed by atoms with Gasteiger partial charge in [0.05, 0.1) is 5.52 Å². The molecule has 0 spiro atoms. The van der Waals surface area contributed by atoms with Gasteiger partial charge in [0.2, 0.25) is 0 Å². The molecule has 0 saturated carbocycles. The number of fused-ring (bicyclic) bond motifs is 1. The first-order valence-corrected chi connectivity index (χ1v) is 7.03. The normalized spacial score (nSPS) is 14.2. The molecule has 0 amide bonds. The van der Waals surface area contributed by atoms with Crippen LogP contribution in [0.2, 0.25) is 0 Å². The summed E-state index contributed by atoms with van der Waals surface area (Å²) in [5.74, 6) is 0. The summed E-state index contributed by atoms with van der Waals surface area (Å²) >= 11 is 0. The number of pyridine rings is 1. The van der Waals surface area contributed by atoms with Crippen LogP contribution in [0.3, 0.4) is 0 Å². The van der Waals surface area contributed by atoms with Crippen molar-refractivity contribution >= 4 is 22.3 Å². The van der Waals surface area contributed by atoms with Crippen LogP contribution in [0.4, 0.5) is 11.4 Å². The molecule has 108 valence electrons. The van der Waals surface area contributed by atoms with E-state index in [-0.39, 0.29) is 12.1 Å². The first kappa shape index (κ1) is 14.6. The third-order valence-electron chi connectivity index (χ3n) is 3.84. The van der Waals surface area contributed by atoms with E-state index in [1.807, 2.05) is 31.2 Å². The van der Waals surface area contributed by atoms with Crippen LogP contribution in [-0.2, 0) is 0 Å². The van der Waals surface area contributed by atoms with E-state index >= 15 is 0 Å². The molecule has 2 rings (SSSR count). The van der Waals surface area contributed by atoms with Crippen LogP contribution >= 0.6 is 0 Å². The fourth-order valence-corrected chi connectivity index (χ4v) is 2.38. The number of nitrogen functional groups attached to an aromatic ring is 1. The maximum atomic E-state index is 9.25. The van der Waals surface area contributed by atoms with Gasteiger partial charge < -0.3 is 16.2 Å². The minimum atomic E-state index is -0.139. The van der Waals surface area contributed by atoms with Crippen LogP contribution < -0.4 is 11.1 Å². The number of nitrogens with one attached hydrogen (secondary N) is 1. The predicted octanol–water partition coefficient (Wildman–Crippen LogP) is 3.09. The van der Waals surface area contributed by atoms with Crippen molar-refractivity contribution in [3.8, 4) is 0 Å². The van der Waals surface area contributed by atoms with Crippen LogP contribution in [0.1, 0.15) is 32.4 Å². The Bertz CT molecular complexity index is 612. The van der Waals surface area contributed by atoms with Gasteiger partial charge in [-0.1, -0.05) is 6.92 Å². The molecule has 20 heavy (non-hydrogen) atoms. The lowest BCUT2D eigenvalue weighted by Gasteiger charge is -2.31. The van der Waals surface area contributed by atoms with Crippen LogP contribution in [0.15, 0.2) is 24.3 Å². The summed E-state index contributed by atoms with van der Waals surface area (Å²) in [7, 11) is 0. The van der Waals surface area contributed by atoms with E-state index in [0.717, 1.165) is 34.4 Å². The van der Waals surface area contributed by atoms with Gasteiger partial charge in [0.15, 0.2) is 0 Å². The Labute approximate surface area is 120 Å². The van der Waals surface area contributed by atoms with Crippen molar-refractivity contribution < 1.29 is 5.11 Å². The number of anilines is 2. The average molecular weight is 273 g/mol. The van der Waals surface area contributed by atoms with Crippen molar-refractivity contribution in [2.24, 2.45) is 0 Å². The zero-order chi connectivity index (χ0) is 14.8. The lowest BCUT2D eigenvalue weighted by molar-refractivity contribution is 0.252. The maximum absolute atomic E-state index is 9.25. The molecule has 4 N–H and O–H groups in total. The lowest BCUT2D eigenvalue weighted by atomic mass is 9.94. The molecule has 1 unspecified atom stereocenters. The monoisotopic (exact) mass is 273 g/mol. The Hall–Kier alpha value is -1.81. The number of aromatic nitrogens is 1. The van der Waals surface area contributed by atoms with Crippen molar-refractivity contribution in [3.05, 3.63) is 30.0 Å². The zero-order valence-electron chi connectivity index (χ0n) is 12.4. The SMILES string of the molecule is CCC(C)(CCO)Nc1cc(C)nc2ccc(N)cc12. The van der Waals surface area contributed by atoms with Crippen LogP contribution in [0.5, 0.6) is 0 Å². The maximum Gasteiger partial charge on any atom is 0.0727 e. The van der Waals surface area contributed by atoms with Crippen molar-refractivity contribution in [1.29, 1.82) is 0 Å². The number of aliphatic hydroxyl groups is 1. The van der Waals surface area contributed by atoms with Crippen LogP contribution in [0.25, 0.3) is 10.9 Å². The van der Waals surface area contributed by atoms with Crippen molar-refractivity contribution in [2.75, 3.05) is 17.7 Å². The molecule has 1 aromatic carbocycles. The number of nitrogens with zero attached hydrogens (tertiary/aromatic N) is 1. The van der Waals surface area contributed by atoms with E-state index in [2.05, 4.69) is 24.1 Å². The average Bonchev–Trinajstić information content (AvgIpc) is 2.40. The molecule has 0 radical (unpaired) electrons. The van der Waals surface area contributed by atoms with Crippen LogP contribution in [-0.4, -0.2) is 22.2 Å². The number of hydrogen-bond donors (Lipinski definition) is 3. The smallest absolute Gasteiger partial charge is 0.0727 e. The molecular weight excluding hydrogens is 250 g/mol. The fraction of sp³-hybridized carbons (Fsp3) is 0.438. The molecule has 1 heterocycles. The first-order valence-electron chi connectivity index (χ1n) is 7.03. The zero-order valence-corrected chi connectivity index (χ0v) is 12.4. The third-order valence-corrected chi connectivity index (χ3v) is 3.84. The third kappa shape index (κ3) is 3.02. The summed E-state index contributed by atoms with van der Waals surface area (Å²) in [6.07, 6.45) is 1.63. The molecule has 0 aliphatic rings. The Morgan fingerprint density at radius 2 is 2.10 bits per heavy atom. The molecule has 4 heteroatoms. The number of nitrogens with two attached hydrogens (primary N) is 1. The van der Waals surface area contributed by atoms with Gasteiger partial charge in [-0.15, -0.1) is 0 Å². The molecule has 0 aliphatic heterocycles. The van der Waals surface area contributed by atoms with E-state index in [1.54, 1.807) is 0 Å². The second-order valence-electron chi connectivity index (χ2n) is 5.60. The highest BCUT2D eigenvalue weighted by molar-refractivity contribution is 5.93. The standard InChI is InChI=1S/C16H23N3O/c1-4-16(3,7-8-20)19-15-9-11(2)18-14-6-5-12(17)10-13(14)15/h5-6,9-10,20H,4,7-8,17H2,1-3H3,(H,18,19). The summed E-state index contributed by atoms with van der Waals surface area (Å²) in [5, 5.41) is 13.8. The molecule has 1 aromatic heterocycles. The number of hydrogen-bond acceptors (Lipinski definition) is 4. The van der Waals surface area contributed by atoms with Gasteiger partial charge in [-0.3, -0.25) is 4.98 Å². The number of aryl methyl sites for hydroxylation is 1. The summed E-state index contributed by atoms with van der Waals surface area (Å²) in [6.45, 7) is 6.39. The Morgan fingerprint density at radius 3 is 2.75 bits per heavy atom. The lowest BCUT2D eigenvalue weighted by Crippen LogP contribution is -2.35. The van der Waals surface area contributed by atoms with Gasteiger partial charge in [0, 0.05) is 34.6 Å². The molecule has 1 atom stereocenters.